The van der Waals surface area contributed by atoms with Crippen molar-refractivity contribution < 1.29 is 0 Å². The van der Waals surface area contributed by atoms with Crippen LogP contribution in [0.2, 0.25) is 0 Å². The quantitative estimate of drug-likeness (QED) is 0.138. The van der Waals surface area contributed by atoms with Crippen LogP contribution in [-0.4, -0.2) is 15.0 Å². The molecule has 0 aliphatic rings. The van der Waals surface area contributed by atoms with Crippen LogP contribution in [0.5, 0.6) is 0 Å². The molecule has 0 fully saturated rings. The third-order valence-corrected chi connectivity index (χ3v) is 12.1. The molecular formula is C63H43N3. The number of hydrogen-bond acceptors (Lipinski definition) is 3. The highest BCUT2D eigenvalue weighted by atomic mass is 14.9. The SMILES string of the molecule is c1ccc(-c2cc(-c3ccccc3-c3ccccc3)nc(-c3cccc(-c4cccc(-c5c(-c6ccccc6)c(-c6ccccc6)nc(-c6ccccc6)c5-c5ccccc5)c4)c3)n2)cc1. The average molecular weight is 842 g/mol. The summed E-state index contributed by atoms with van der Waals surface area (Å²) in [4.78, 5) is 16.2. The van der Waals surface area contributed by atoms with Gasteiger partial charge in [0.05, 0.1) is 22.8 Å². The Morgan fingerprint density at radius 3 is 1.08 bits per heavy atom. The smallest absolute Gasteiger partial charge is 0.160 e. The van der Waals surface area contributed by atoms with Gasteiger partial charge >= 0.3 is 0 Å². The van der Waals surface area contributed by atoms with Gasteiger partial charge in [-0.05, 0) is 57.1 Å². The van der Waals surface area contributed by atoms with Crippen LogP contribution < -0.4 is 0 Å². The van der Waals surface area contributed by atoms with Gasteiger partial charge in [-0.2, -0.15) is 0 Å². The molecule has 0 aliphatic carbocycles. The van der Waals surface area contributed by atoms with Gasteiger partial charge in [-0.15, -0.1) is 0 Å². The number of aromatic nitrogens is 3. The van der Waals surface area contributed by atoms with Gasteiger partial charge in [0.15, 0.2) is 5.82 Å². The predicted molar refractivity (Wildman–Crippen MR) is 274 cm³/mol. The van der Waals surface area contributed by atoms with E-state index in [1.54, 1.807) is 0 Å². The monoisotopic (exact) mass is 841 g/mol. The van der Waals surface area contributed by atoms with Crippen LogP contribution in [0.4, 0.5) is 0 Å². The zero-order valence-electron chi connectivity index (χ0n) is 36.2. The van der Waals surface area contributed by atoms with E-state index in [1.807, 2.05) is 6.07 Å². The van der Waals surface area contributed by atoms with Gasteiger partial charge in [0, 0.05) is 44.5 Å². The Labute approximate surface area is 386 Å². The van der Waals surface area contributed by atoms with Crippen molar-refractivity contribution in [1.29, 1.82) is 0 Å². The summed E-state index contributed by atoms with van der Waals surface area (Å²) in [5, 5.41) is 0. The lowest BCUT2D eigenvalue weighted by Gasteiger charge is -2.23. The van der Waals surface area contributed by atoms with Crippen LogP contribution in [-0.2, 0) is 0 Å². The minimum Gasteiger partial charge on any atom is -0.246 e. The molecule has 0 saturated heterocycles. The molecule has 0 radical (unpaired) electrons. The number of hydrogen-bond donors (Lipinski definition) is 0. The van der Waals surface area contributed by atoms with Crippen molar-refractivity contribution in [2.75, 3.05) is 0 Å². The summed E-state index contributed by atoms with van der Waals surface area (Å²) in [6.45, 7) is 0. The summed E-state index contributed by atoms with van der Waals surface area (Å²) in [6.07, 6.45) is 0. The Kier molecular flexibility index (Phi) is 11.0. The Morgan fingerprint density at radius 1 is 0.197 bits per heavy atom. The average Bonchev–Trinajstić information content (AvgIpc) is 3.41. The maximum Gasteiger partial charge on any atom is 0.160 e. The molecule has 0 saturated carbocycles. The zero-order chi connectivity index (χ0) is 44.1. The van der Waals surface area contributed by atoms with Gasteiger partial charge in [0.25, 0.3) is 0 Å². The Balaban J connectivity index is 1.12. The topological polar surface area (TPSA) is 38.7 Å². The van der Waals surface area contributed by atoms with Crippen LogP contribution in [0, 0.1) is 0 Å². The molecule has 66 heavy (non-hydrogen) atoms. The van der Waals surface area contributed by atoms with Crippen LogP contribution in [0.15, 0.2) is 261 Å². The largest absolute Gasteiger partial charge is 0.246 e. The minimum atomic E-state index is 0.666. The Bertz CT molecular complexity index is 3330. The molecule has 2 aromatic heterocycles. The van der Waals surface area contributed by atoms with E-state index in [4.69, 9.17) is 15.0 Å². The Hall–Kier alpha value is -8.79. The standard InChI is InChI=1S/C63H43N3/c1-7-23-44(24-8-1)54-39-19-20-40-55(54)57-43-56(45-25-9-2-10-26-45)64-63(65-57)53-38-22-36-51(42-53)50-35-21-37-52(41-50)58-59(46-27-11-3-12-28-46)61(48-31-15-5-16-32-48)66-62(49-33-17-6-18-34-49)60(58)47-29-13-4-14-30-47/h1-43H. The van der Waals surface area contributed by atoms with E-state index in [2.05, 4.69) is 255 Å². The van der Waals surface area contributed by atoms with Gasteiger partial charge in [-0.1, -0.05) is 243 Å². The third kappa shape index (κ3) is 8.02. The fourth-order valence-electron chi connectivity index (χ4n) is 8.99. The van der Waals surface area contributed by atoms with Crippen molar-refractivity contribution >= 4 is 0 Å². The second-order valence-electron chi connectivity index (χ2n) is 16.3. The first-order valence-electron chi connectivity index (χ1n) is 22.4. The summed E-state index contributed by atoms with van der Waals surface area (Å²) in [5.41, 5.74) is 19.7. The highest BCUT2D eigenvalue weighted by molar-refractivity contribution is 6.05. The number of benzene rings is 9. The maximum absolute atomic E-state index is 5.64. The molecule has 3 heteroatoms. The first-order chi connectivity index (χ1) is 32.7. The van der Waals surface area contributed by atoms with Gasteiger partial charge in [0.2, 0.25) is 0 Å². The van der Waals surface area contributed by atoms with E-state index in [9.17, 15) is 0 Å². The molecule has 11 aromatic rings. The minimum absolute atomic E-state index is 0.666. The van der Waals surface area contributed by atoms with Crippen molar-refractivity contribution in [2.45, 2.75) is 0 Å². The highest BCUT2D eigenvalue weighted by Crippen LogP contribution is 2.49. The molecule has 310 valence electrons. The molecule has 0 spiro atoms. The molecule has 0 bridgehead atoms. The predicted octanol–water partition coefficient (Wildman–Crippen LogP) is 16.5. The Morgan fingerprint density at radius 2 is 0.561 bits per heavy atom. The van der Waals surface area contributed by atoms with Gasteiger partial charge < -0.3 is 0 Å². The molecule has 11 rings (SSSR count). The lowest BCUT2D eigenvalue weighted by Crippen LogP contribution is -2.01. The lowest BCUT2D eigenvalue weighted by molar-refractivity contribution is 1.18. The molecule has 9 aromatic carbocycles. The van der Waals surface area contributed by atoms with Crippen molar-refractivity contribution in [3.63, 3.8) is 0 Å². The van der Waals surface area contributed by atoms with Crippen molar-refractivity contribution in [1.82, 2.24) is 15.0 Å². The summed E-state index contributed by atoms with van der Waals surface area (Å²) < 4.78 is 0. The van der Waals surface area contributed by atoms with Gasteiger partial charge in [-0.25, -0.2) is 15.0 Å². The summed E-state index contributed by atoms with van der Waals surface area (Å²) in [6, 6.07) is 91.7. The molecule has 0 amide bonds. The molecule has 0 atom stereocenters. The number of rotatable bonds is 10. The summed E-state index contributed by atoms with van der Waals surface area (Å²) in [7, 11) is 0. The molecule has 2 heterocycles. The molecule has 0 unspecified atom stereocenters. The number of pyridine rings is 1. The third-order valence-electron chi connectivity index (χ3n) is 12.1. The van der Waals surface area contributed by atoms with E-state index in [0.29, 0.717) is 5.82 Å². The maximum atomic E-state index is 5.64. The lowest BCUT2D eigenvalue weighted by atomic mass is 9.82. The first kappa shape index (κ1) is 40.0. The molecule has 0 N–H and O–H groups in total. The molecule has 0 aliphatic heterocycles. The fraction of sp³-hybridized carbons (Fsp3) is 0. The summed E-state index contributed by atoms with van der Waals surface area (Å²) >= 11 is 0. The van der Waals surface area contributed by atoms with Crippen LogP contribution in [0.1, 0.15) is 0 Å². The highest BCUT2D eigenvalue weighted by Gasteiger charge is 2.25. The second-order valence-corrected chi connectivity index (χ2v) is 16.3. The summed E-state index contributed by atoms with van der Waals surface area (Å²) in [5.74, 6) is 0.666. The van der Waals surface area contributed by atoms with E-state index >= 15 is 0 Å². The van der Waals surface area contributed by atoms with Gasteiger partial charge in [-0.3, -0.25) is 0 Å². The van der Waals surface area contributed by atoms with E-state index in [1.165, 1.54) is 0 Å². The van der Waals surface area contributed by atoms with Gasteiger partial charge in [0.1, 0.15) is 0 Å². The zero-order valence-corrected chi connectivity index (χ0v) is 36.2. The first-order valence-corrected chi connectivity index (χ1v) is 22.4. The normalized spacial score (nSPS) is 11.0. The van der Waals surface area contributed by atoms with Crippen molar-refractivity contribution in [3.05, 3.63) is 261 Å². The second kappa shape index (κ2) is 18.1. The molecule has 3 nitrogen and oxygen atoms in total. The van der Waals surface area contributed by atoms with E-state index in [-0.39, 0.29) is 0 Å². The van der Waals surface area contributed by atoms with Crippen LogP contribution in [0.25, 0.3) is 112 Å². The number of nitrogens with zero attached hydrogens (tertiary/aromatic N) is 3. The van der Waals surface area contributed by atoms with Crippen LogP contribution in [0.3, 0.4) is 0 Å². The van der Waals surface area contributed by atoms with Crippen LogP contribution >= 0.6 is 0 Å². The molecular weight excluding hydrogens is 799 g/mol. The van der Waals surface area contributed by atoms with Crippen molar-refractivity contribution in [3.8, 4) is 112 Å². The van der Waals surface area contributed by atoms with E-state index in [0.717, 1.165) is 106 Å². The van der Waals surface area contributed by atoms with Crippen molar-refractivity contribution in [2.24, 2.45) is 0 Å². The van der Waals surface area contributed by atoms with E-state index < -0.39 is 0 Å². The fourth-order valence-corrected chi connectivity index (χ4v) is 8.99.